The molecule has 2 fully saturated rings. The third-order valence-electron chi connectivity index (χ3n) is 4.18. The van der Waals surface area contributed by atoms with E-state index in [1.165, 1.54) is 5.00 Å². The van der Waals surface area contributed by atoms with Crippen molar-refractivity contribution in [2.75, 3.05) is 57.9 Å². The zero-order valence-electron chi connectivity index (χ0n) is 12.6. The summed E-state index contributed by atoms with van der Waals surface area (Å²) in [4.78, 5) is 9.25. The number of ether oxygens (including phenoxy) is 1. The normalized spacial score (nSPS) is 23.7. The largest absolute Gasteiger partial charge is 0.381 e. The fourth-order valence-electron chi connectivity index (χ4n) is 2.90. The maximum atomic E-state index is 5.42. The molecule has 0 saturated carbocycles. The first-order chi connectivity index (χ1) is 10.4. The highest BCUT2D eigenvalue weighted by molar-refractivity contribution is 7.14. The van der Waals surface area contributed by atoms with Gasteiger partial charge in [-0.05, 0) is 23.9 Å². The highest BCUT2D eigenvalue weighted by atomic mass is 32.1. The molecule has 1 atom stereocenters. The van der Waals surface area contributed by atoms with Crippen LogP contribution in [0.3, 0.4) is 0 Å². The number of guanidine groups is 1. The Morgan fingerprint density at radius 3 is 2.90 bits per heavy atom. The Bertz CT molecular complexity index is 448. The third-order valence-corrected chi connectivity index (χ3v) is 5.11. The van der Waals surface area contributed by atoms with Crippen LogP contribution in [0.1, 0.15) is 6.42 Å². The summed E-state index contributed by atoms with van der Waals surface area (Å²) in [5.41, 5.74) is 0. The molecule has 1 unspecified atom stereocenters. The minimum atomic E-state index is 0.633. The van der Waals surface area contributed by atoms with Gasteiger partial charge in [-0.1, -0.05) is 0 Å². The van der Waals surface area contributed by atoms with Crippen molar-refractivity contribution >= 4 is 22.3 Å². The number of hydrogen-bond acceptors (Lipinski definition) is 4. The zero-order valence-corrected chi connectivity index (χ0v) is 13.4. The summed E-state index contributed by atoms with van der Waals surface area (Å²) in [7, 11) is 1.87. The highest BCUT2D eigenvalue weighted by Crippen LogP contribution is 2.22. The van der Waals surface area contributed by atoms with Gasteiger partial charge in [0.15, 0.2) is 5.96 Å². The first-order valence-corrected chi connectivity index (χ1v) is 8.56. The molecule has 5 nitrogen and oxygen atoms in total. The van der Waals surface area contributed by atoms with Crippen molar-refractivity contribution in [1.82, 2.24) is 10.2 Å². The lowest BCUT2D eigenvalue weighted by Crippen LogP contribution is -2.53. The van der Waals surface area contributed by atoms with Crippen LogP contribution in [0, 0.1) is 5.92 Å². The number of nitrogens with one attached hydrogen (secondary N) is 1. The lowest BCUT2D eigenvalue weighted by Gasteiger charge is -2.37. The zero-order chi connectivity index (χ0) is 14.5. The Balaban J connectivity index is 1.47. The molecule has 0 aromatic carbocycles. The lowest BCUT2D eigenvalue weighted by molar-refractivity contribution is 0.186. The van der Waals surface area contributed by atoms with Crippen LogP contribution in [-0.2, 0) is 4.74 Å². The minimum absolute atomic E-state index is 0.633. The van der Waals surface area contributed by atoms with Crippen molar-refractivity contribution in [3.63, 3.8) is 0 Å². The predicted molar refractivity (Wildman–Crippen MR) is 88.4 cm³/mol. The van der Waals surface area contributed by atoms with Gasteiger partial charge in [-0.2, -0.15) is 0 Å². The molecule has 2 aliphatic heterocycles. The average Bonchev–Trinajstić information content (AvgIpc) is 3.22. The number of hydrogen-bond donors (Lipinski definition) is 1. The number of thiophene rings is 1. The van der Waals surface area contributed by atoms with Crippen molar-refractivity contribution in [2.45, 2.75) is 6.42 Å². The van der Waals surface area contributed by atoms with E-state index >= 15 is 0 Å². The maximum Gasteiger partial charge on any atom is 0.193 e. The van der Waals surface area contributed by atoms with Crippen LogP contribution in [0.15, 0.2) is 22.5 Å². The molecule has 116 valence electrons. The van der Waals surface area contributed by atoms with Crippen LogP contribution in [-0.4, -0.2) is 63.8 Å². The maximum absolute atomic E-state index is 5.42. The molecule has 0 radical (unpaired) electrons. The van der Waals surface area contributed by atoms with Gasteiger partial charge in [0, 0.05) is 52.3 Å². The summed E-state index contributed by atoms with van der Waals surface area (Å²) in [5.74, 6) is 1.67. The molecule has 3 heterocycles. The fourth-order valence-corrected chi connectivity index (χ4v) is 3.69. The number of aliphatic imine (C=N–C) groups is 1. The van der Waals surface area contributed by atoms with Gasteiger partial charge < -0.3 is 19.9 Å². The highest BCUT2D eigenvalue weighted by Gasteiger charge is 2.21. The van der Waals surface area contributed by atoms with Gasteiger partial charge in [0.25, 0.3) is 0 Å². The molecule has 0 bridgehead atoms. The van der Waals surface area contributed by atoms with Crippen molar-refractivity contribution < 1.29 is 4.74 Å². The van der Waals surface area contributed by atoms with Crippen molar-refractivity contribution in [3.05, 3.63) is 17.5 Å². The second kappa shape index (κ2) is 7.13. The van der Waals surface area contributed by atoms with E-state index in [4.69, 9.17) is 4.74 Å². The first-order valence-electron chi connectivity index (χ1n) is 7.68. The average molecular weight is 308 g/mol. The second-order valence-electron chi connectivity index (χ2n) is 5.58. The first kappa shape index (κ1) is 14.7. The van der Waals surface area contributed by atoms with Gasteiger partial charge in [0.05, 0.1) is 11.6 Å². The molecule has 1 aromatic heterocycles. The van der Waals surface area contributed by atoms with Gasteiger partial charge in [0.2, 0.25) is 0 Å². The molecule has 1 N–H and O–H groups in total. The summed E-state index contributed by atoms with van der Waals surface area (Å²) in [5, 5.41) is 7.03. The molecule has 2 aliphatic rings. The Kier molecular flexibility index (Phi) is 4.98. The van der Waals surface area contributed by atoms with Gasteiger partial charge >= 0.3 is 0 Å². The smallest absolute Gasteiger partial charge is 0.193 e. The summed E-state index contributed by atoms with van der Waals surface area (Å²) in [6, 6.07) is 4.32. The monoisotopic (exact) mass is 308 g/mol. The SMILES string of the molecule is CN=C(NCC1CCOC1)N1CCN(c2cccs2)CC1. The Labute approximate surface area is 130 Å². The summed E-state index contributed by atoms with van der Waals surface area (Å²) >= 11 is 1.82. The van der Waals surface area contributed by atoms with Crippen LogP contribution in [0.5, 0.6) is 0 Å². The van der Waals surface area contributed by atoms with E-state index in [9.17, 15) is 0 Å². The summed E-state index contributed by atoms with van der Waals surface area (Å²) in [6.45, 7) is 6.94. The van der Waals surface area contributed by atoms with Gasteiger partial charge in [-0.3, -0.25) is 4.99 Å². The van der Waals surface area contributed by atoms with E-state index in [0.717, 1.165) is 58.3 Å². The number of anilines is 1. The van der Waals surface area contributed by atoms with Gasteiger partial charge in [-0.25, -0.2) is 0 Å². The van der Waals surface area contributed by atoms with Crippen molar-refractivity contribution in [2.24, 2.45) is 10.9 Å². The fraction of sp³-hybridized carbons (Fsp3) is 0.667. The molecule has 6 heteroatoms. The second-order valence-corrected chi connectivity index (χ2v) is 6.51. The van der Waals surface area contributed by atoms with E-state index in [2.05, 4.69) is 37.6 Å². The lowest BCUT2D eigenvalue weighted by atomic mass is 10.1. The quantitative estimate of drug-likeness (QED) is 0.678. The van der Waals surface area contributed by atoms with Crippen LogP contribution in [0.25, 0.3) is 0 Å². The Hall–Kier alpha value is -1.27. The van der Waals surface area contributed by atoms with Crippen LogP contribution in [0.2, 0.25) is 0 Å². The molecule has 0 amide bonds. The molecular formula is C15H24N4OS. The Morgan fingerprint density at radius 1 is 1.43 bits per heavy atom. The summed E-state index contributed by atoms with van der Waals surface area (Å²) < 4.78 is 5.42. The minimum Gasteiger partial charge on any atom is -0.381 e. The molecule has 3 rings (SSSR count). The number of rotatable bonds is 3. The molecule has 1 aromatic rings. The summed E-state index contributed by atoms with van der Waals surface area (Å²) in [6.07, 6.45) is 1.16. The van der Waals surface area contributed by atoms with E-state index < -0.39 is 0 Å². The molecule has 0 spiro atoms. The Morgan fingerprint density at radius 2 is 2.29 bits per heavy atom. The van der Waals surface area contributed by atoms with Crippen LogP contribution in [0.4, 0.5) is 5.00 Å². The van der Waals surface area contributed by atoms with Crippen molar-refractivity contribution in [3.8, 4) is 0 Å². The molecule has 0 aliphatic carbocycles. The standard InChI is InChI=1S/C15H24N4OS/c1-16-15(17-11-13-4-9-20-12-13)19-7-5-18(6-8-19)14-3-2-10-21-14/h2-3,10,13H,4-9,11-12H2,1H3,(H,16,17). The number of piperazine rings is 1. The molecule has 2 saturated heterocycles. The number of nitrogens with zero attached hydrogens (tertiary/aromatic N) is 3. The molecule has 21 heavy (non-hydrogen) atoms. The van der Waals surface area contributed by atoms with E-state index in [-0.39, 0.29) is 0 Å². The topological polar surface area (TPSA) is 40.1 Å². The predicted octanol–water partition coefficient (Wildman–Crippen LogP) is 1.48. The van der Waals surface area contributed by atoms with Crippen LogP contribution >= 0.6 is 11.3 Å². The van der Waals surface area contributed by atoms with E-state index in [0.29, 0.717) is 5.92 Å². The molecular weight excluding hydrogens is 284 g/mol. The van der Waals surface area contributed by atoms with Gasteiger partial charge in [-0.15, -0.1) is 11.3 Å². The van der Waals surface area contributed by atoms with Crippen molar-refractivity contribution in [1.29, 1.82) is 0 Å². The van der Waals surface area contributed by atoms with E-state index in [1.54, 1.807) is 0 Å². The van der Waals surface area contributed by atoms with Crippen LogP contribution < -0.4 is 10.2 Å². The van der Waals surface area contributed by atoms with E-state index in [1.807, 2.05) is 18.4 Å². The third kappa shape index (κ3) is 3.68. The van der Waals surface area contributed by atoms with Gasteiger partial charge in [0.1, 0.15) is 0 Å².